The van der Waals surface area contributed by atoms with Crippen molar-refractivity contribution >= 4 is 75.2 Å². The van der Waals surface area contributed by atoms with Crippen LogP contribution in [0.5, 0.6) is 5.75 Å². The molecule has 2 heterocycles. The lowest BCUT2D eigenvalue weighted by Crippen LogP contribution is -2.52. The quantitative estimate of drug-likeness (QED) is 0.134. The molecule has 5 rings (SSSR count). The van der Waals surface area contributed by atoms with Gasteiger partial charge in [-0.05, 0) is 60.0 Å². The normalized spacial score (nSPS) is 12.3. The fourth-order valence-corrected chi connectivity index (χ4v) is 7.07. The molecule has 0 saturated heterocycles. The molecule has 0 saturated carbocycles. The van der Waals surface area contributed by atoms with Crippen molar-refractivity contribution in [3.63, 3.8) is 0 Å². The highest BCUT2D eigenvalue weighted by Crippen LogP contribution is 2.41. The Bertz CT molecular complexity index is 2220. The van der Waals surface area contributed by atoms with Gasteiger partial charge in [-0.15, -0.1) is 11.3 Å². The number of benzene rings is 3. The molecule has 0 fully saturated rings. The topological polar surface area (TPSA) is 196 Å². The van der Waals surface area contributed by atoms with E-state index in [-0.39, 0.29) is 50.5 Å². The Labute approximate surface area is 346 Å². The van der Waals surface area contributed by atoms with Crippen molar-refractivity contribution in [2.75, 3.05) is 57.0 Å². The number of carbonyl (C=O) groups is 7. The molecule has 3 aromatic carbocycles. The first-order valence-corrected chi connectivity index (χ1v) is 19.9. The number of ether oxygens (including phenoxy) is 2. The molecule has 4 aromatic rings. The molecule has 59 heavy (non-hydrogen) atoms. The van der Waals surface area contributed by atoms with E-state index in [2.05, 4.69) is 21.3 Å². The number of hydrogen-bond acceptors (Lipinski definition) is 10. The molecular formula is C42H49N7O9S. The van der Waals surface area contributed by atoms with E-state index in [9.17, 15) is 33.6 Å². The van der Waals surface area contributed by atoms with E-state index in [0.29, 0.717) is 34.8 Å². The number of nitrogens with one attached hydrogen (secondary N) is 4. The molecule has 1 atom stereocenters. The first-order chi connectivity index (χ1) is 28.1. The zero-order valence-corrected chi connectivity index (χ0v) is 34.7. The predicted octanol–water partition coefficient (Wildman–Crippen LogP) is 4.44. The lowest BCUT2D eigenvalue weighted by atomic mass is 10.0. The van der Waals surface area contributed by atoms with Gasteiger partial charge in [0.25, 0.3) is 5.91 Å². The van der Waals surface area contributed by atoms with E-state index in [4.69, 9.17) is 9.47 Å². The summed E-state index contributed by atoms with van der Waals surface area (Å²) in [6, 6.07) is 18.8. The van der Waals surface area contributed by atoms with Crippen LogP contribution >= 0.6 is 11.3 Å². The van der Waals surface area contributed by atoms with E-state index < -0.39 is 35.9 Å². The van der Waals surface area contributed by atoms with E-state index in [0.717, 1.165) is 26.9 Å². The Morgan fingerprint density at radius 3 is 2.14 bits per heavy atom. The van der Waals surface area contributed by atoms with Gasteiger partial charge in [0.1, 0.15) is 18.4 Å². The van der Waals surface area contributed by atoms with E-state index >= 15 is 0 Å². The molecule has 17 heteroatoms. The predicted molar refractivity (Wildman–Crippen MR) is 223 cm³/mol. The number of thiophene rings is 1. The lowest BCUT2D eigenvalue weighted by Gasteiger charge is -2.23. The minimum absolute atomic E-state index is 0.0490. The van der Waals surface area contributed by atoms with E-state index in [1.165, 1.54) is 28.1 Å². The second kappa shape index (κ2) is 19.8. The fourth-order valence-electron chi connectivity index (χ4n) is 6.25. The van der Waals surface area contributed by atoms with Crippen LogP contribution in [0.3, 0.4) is 0 Å². The van der Waals surface area contributed by atoms with Gasteiger partial charge in [-0.25, -0.2) is 9.59 Å². The summed E-state index contributed by atoms with van der Waals surface area (Å²) in [5.74, 6) is -1.98. The molecule has 312 valence electrons. The standard InChI is InChI=1S/C42H49N7O9S/c1-25(2)38(46-37(52)22-43-27(4)50)39(53)44-23-36(51)45-29-14-12-28(13-15-29)24-57-41(55)47(5)19-20-48(6)42(56)58-34-21-33-31(30-9-7-8-10-32(30)34)17-18-49(33)40(54)35-16-11-26(3)59-35/h7-16,21,25,38H,17-20,22-24H2,1-6H3,(H,43,50)(H,44,53)(H,45,51)(H,46,52). The van der Waals surface area contributed by atoms with Gasteiger partial charge in [-0.3, -0.25) is 24.0 Å². The third kappa shape index (κ3) is 11.6. The van der Waals surface area contributed by atoms with E-state index in [1.54, 1.807) is 63.2 Å². The largest absolute Gasteiger partial charge is 0.445 e. The smallest absolute Gasteiger partial charge is 0.415 e. The van der Waals surface area contributed by atoms with Crippen LogP contribution in [-0.2, 0) is 36.9 Å². The second-order valence-electron chi connectivity index (χ2n) is 14.5. The molecule has 4 N–H and O–H groups in total. The fraction of sp³-hybridized carbons (Fsp3) is 0.357. The Kier molecular flexibility index (Phi) is 14.6. The highest BCUT2D eigenvalue weighted by atomic mass is 32.1. The van der Waals surface area contributed by atoms with Crippen LogP contribution in [0.15, 0.2) is 66.7 Å². The SMILES string of the molecule is CC(=O)NCC(=O)NC(C(=O)NCC(=O)Nc1ccc(COC(=O)N(C)CCN(C)C(=O)Oc2cc3c(c4ccccc24)CCN3C(=O)c2ccc(C)s2)cc1)C(C)C. The Morgan fingerprint density at radius 2 is 1.49 bits per heavy atom. The highest BCUT2D eigenvalue weighted by molar-refractivity contribution is 7.14. The average Bonchev–Trinajstić information content (AvgIpc) is 3.85. The van der Waals surface area contributed by atoms with Crippen molar-refractivity contribution < 1.29 is 43.0 Å². The highest BCUT2D eigenvalue weighted by Gasteiger charge is 2.30. The van der Waals surface area contributed by atoms with Crippen molar-refractivity contribution in [2.24, 2.45) is 5.92 Å². The summed E-state index contributed by atoms with van der Waals surface area (Å²) in [6.45, 7) is 6.87. The van der Waals surface area contributed by atoms with Crippen molar-refractivity contribution in [2.45, 2.75) is 46.8 Å². The van der Waals surface area contributed by atoms with Crippen LogP contribution < -0.4 is 30.9 Å². The summed E-state index contributed by atoms with van der Waals surface area (Å²) in [5.41, 5.74) is 2.85. The third-order valence-corrected chi connectivity index (χ3v) is 10.5. The summed E-state index contributed by atoms with van der Waals surface area (Å²) >= 11 is 1.44. The zero-order valence-electron chi connectivity index (χ0n) is 33.9. The van der Waals surface area contributed by atoms with Crippen LogP contribution in [0.1, 0.15) is 46.4 Å². The minimum Gasteiger partial charge on any atom is -0.445 e. The van der Waals surface area contributed by atoms with Gasteiger partial charge in [0.05, 0.1) is 23.7 Å². The zero-order chi connectivity index (χ0) is 42.8. The molecule has 0 aliphatic carbocycles. The van der Waals surface area contributed by atoms with Gasteiger partial charge in [0.2, 0.25) is 23.6 Å². The number of fused-ring (bicyclic) bond motifs is 3. The average molecular weight is 828 g/mol. The molecule has 1 aromatic heterocycles. The van der Waals surface area contributed by atoms with Gasteiger partial charge in [0, 0.05) is 62.7 Å². The molecule has 16 nitrogen and oxygen atoms in total. The van der Waals surface area contributed by atoms with Crippen LogP contribution in [0.25, 0.3) is 10.8 Å². The maximum atomic E-state index is 13.4. The molecule has 0 radical (unpaired) electrons. The van der Waals surface area contributed by atoms with Crippen LogP contribution in [0, 0.1) is 12.8 Å². The number of aryl methyl sites for hydroxylation is 1. The lowest BCUT2D eigenvalue weighted by molar-refractivity contribution is -0.131. The summed E-state index contributed by atoms with van der Waals surface area (Å²) in [7, 11) is 3.12. The molecule has 1 aliphatic rings. The third-order valence-electron chi connectivity index (χ3n) is 9.55. The van der Waals surface area contributed by atoms with Crippen molar-refractivity contribution in [1.82, 2.24) is 25.8 Å². The number of amides is 7. The van der Waals surface area contributed by atoms with Crippen molar-refractivity contribution in [1.29, 1.82) is 0 Å². The summed E-state index contributed by atoms with van der Waals surface area (Å²) < 4.78 is 11.3. The maximum Gasteiger partial charge on any atom is 0.415 e. The van der Waals surface area contributed by atoms with Crippen molar-refractivity contribution in [3.05, 3.63) is 87.6 Å². The molecule has 7 amide bonds. The van der Waals surface area contributed by atoms with Crippen LogP contribution in [0.2, 0.25) is 0 Å². The molecule has 1 aliphatic heterocycles. The van der Waals surface area contributed by atoms with Crippen LogP contribution in [0.4, 0.5) is 21.0 Å². The number of hydrogen-bond donors (Lipinski definition) is 4. The number of rotatable bonds is 15. The second-order valence-corrected chi connectivity index (χ2v) is 15.8. The summed E-state index contributed by atoms with van der Waals surface area (Å²) in [4.78, 5) is 94.0. The summed E-state index contributed by atoms with van der Waals surface area (Å²) in [5, 5.41) is 11.8. The Morgan fingerprint density at radius 1 is 0.831 bits per heavy atom. The van der Waals surface area contributed by atoms with E-state index in [1.807, 2.05) is 43.3 Å². The molecular weight excluding hydrogens is 779 g/mol. The number of anilines is 2. The van der Waals surface area contributed by atoms with Crippen LogP contribution in [-0.4, -0.2) is 104 Å². The van der Waals surface area contributed by atoms with Gasteiger partial charge in [0.15, 0.2) is 0 Å². The Hall–Kier alpha value is -6.49. The van der Waals surface area contributed by atoms with Gasteiger partial charge >= 0.3 is 12.2 Å². The summed E-state index contributed by atoms with van der Waals surface area (Å²) in [6.07, 6.45) is -0.551. The number of carbonyl (C=O) groups excluding carboxylic acids is 7. The van der Waals surface area contributed by atoms with Gasteiger partial charge in [-0.2, -0.15) is 0 Å². The minimum atomic E-state index is -0.905. The van der Waals surface area contributed by atoms with Crippen molar-refractivity contribution in [3.8, 4) is 5.75 Å². The number of nitrogens with zero attached hydrogens (tertiary/aromatic N) is 3. The molecule has 0 spiro atoms. The molecule has 0 bridgehead atoms. The number of likely N-dealkylation sites (N-methyl/N-ethyl adjacent to an activating group) is 2. The molecule has 1 unspecified atom stereocenters. The Balaban J connectivity index is 1.06. The monoisotopic (exact) mass is 827 g/mol. The van der Waals surface area contributed by atoms with Gasteiger partial charge < -0.3 is 45.4 Å². The maximum absolute atomic E-state index is 13.4. The first kappa shape index (κ1) is 43.6. The van der Waals surface area contributed by atoms with Gasteiger partial charge in [-0.1, -0.05) is 50.2 Å². The first-order valence-electron chi connectivity index (χ1n) is 19.0.